The van der Waals surface area contributed by atoms with Gasteiger partial charge in [0, 0.05) is 30.9 Å². The zero-order valence-corrected chi connectivity index (χ0v) is 12.7. The Morgan fingerprint density at radius 1 is 1.04 bits per heavy atom. The minimum Gasteiger partial charge on any atom is -0.372 e. The van der Waals surface area contributed by atoms with Gasteiger partial charge in [0.1, 0.15) is 0 Å². The Hall–Kier alpha value is -2.89. The molecule has 1 fully saturated rings. The monoisotopic (exact) mass is 310 g/mol. The van der Waals surface area contributed by atoms with E-state index in [0.717, 1.165) is 18.7 Å². The number of nitrogens with one attached hydrogen (secondary N) is 1. The van der Waals surface area contributed by atoms with Crippen LogP contribution < -0.4 is 10.3 Å². The van der Waals surface area contributed by atoms with E-state index < -0.39 is 4.92 Å². The molecule has 1 N–H and O–H groups in total. The third kappa shape index (κ3) is 3.85. The lowest BCUT2D eigenvalue weighted by atomic mass is 10.2. The van der Waals surface area contributed by atoms with E-state index in [9.17, 15) is 10.1 Å². The van der Waals surface area contributed by atoms with E-state index in [4.69, 9.17) is 0 Å². The lowest BCUT2D eigenvalue weighted by Gasteiger charge is -2.17. The van der Waals surface area contributed by atoms with Crippen LogP contribution in [0.1, 0.15) is 18.4 Å². The van der Waals surface area contributed by atoms with Gasteiger partial charge in [-0.2, -0.15) is 5.10 Å². The van der Waals surface area contributed by atoms with Crippen LogP contribution in [0.5, 0.6) is 0 Å². The predicted molar refractivity (Wildman–Crippen MR) is 92.2 cm³/mol. The molecule has 2 aromatic rings. The number of rotatable bonds is 5. The van der Waals surface area contributed by atoms with E-state index in [1.807, 2.05) is 12.1 Å². The van der Waals surface area contributed by atoms with Crippen molar-refractivity contribution < 1.29 is 4.92 Å². The first-order chi connectivity index (χ1) is 11.2. The van der Waals surface area contributed by atoms with Gasteiger partial charge in [0.05, 0.1) is 16.8 Å². The molecule has 0 unspecified atom stereocenters. The number of benzene rings is 2. The van der Waals surface area contributed by atoms with Gasteiger partial charge in [0.2, 0.25) is 0 Å². The maximum atomic E-state index is 10.6. The fourth-order valence-corrected chi connectivity index (χ4v) is 2.59. The number of nitro groups is 1. The molecule has 1 aliphatic rings. The molecule has 0 saturated carbocycles. The molecule has 0 spiro atoms. The average Bonchev–Trinajstić information content (AvgIpc) is 3.10. The molecule has 118 valence electrons. The van der Waals surface area contributed by atoms with Crippen LogP contribution in [0.15, 0.2) is 53.6 Å². The van der Waals surface area contributed by atoms with Crippen LogP contribution >= 0.6 is 0 Å². The van der Waals surface area contributed by atoms with Crippen LogP contribution in [0.4, 0.5) is 17.1 Å². The molecule has 6 nitrogen and oxygen atoms in total. The van der Waals surface area contributed by atoms with Gasteiger partial charge < -0.3 is 4.90 Å². The van der Waals surface area contributed by atoms with Crippen LogP contribution in [0, 0.1) is 10.1 Å². The quantitative estimate of drug-likeness (QED) is 0.520. The second-order valence-corrected chi connectivity index (χ2v) is 5.46. The second-order valence-electron chi connectivity index (χ2n) is 5.46. The molecule has 0 aromatic heterocycles. The minimum atomic E-state index is -0.422. The molecule has 0 radical (unpaired) electrons. The fraction of sp³-hybridized carbons (Fsp3) is 0.235. The normalized spacial score (nSPS) is 14.3. The van der Waals surface area contributed by atoms with Crippen LogP contribution in [0.2, 0.25) is 0 Å². The summed E-state index contributed by atoms with van der Waals surface area (Å²) < 4.78 is 0. The van der Waals surface area contributed by atoms with Gasteiger partial charge in [-0.05, 0) is 42.7 Å². The zero-order valence-electron chi connectivity index (χ0n) is 12.7. The predicted octanol–water partition coefficient (Wildman–Crippen LogP) is 3.64. The Morgan fingerprint density at radius 3 is 2.30 bits per heavy atom. The van der Waals surface area contributed by atoms with Gasteiger partial charge in [-0.25, -0.2) is 0 Å². The van der Waals surface area contributed by atoms with Crippen molar-refractivity contribution in [2.75, 3.05) is 23.4 Å². The molecule has 3 rings (SSSR count). The molecule has 23 heavy (non-hydrogen) atoms. The Labute approximate surface area is 134 Å². The average molecular weight is 310 g/mol. The summed E-state index contributed by atoms with van der Waals surface area (Å²) >= 11 is 0. The van der Waals surface area contributed by atoms with Crippen LogP contribution in [0.25, 0.3) is 0 Å². The highest BCUT2D eigenvalue weighted by atomic mass is 16.6. The van der Waals surface area contributed by atoms with E-state index in [2.05, 4.69) is 27.6 Å². The summed E-state index contributed by atoms with van der Waals surface area (Å²) in [6.45, 7) is 2.27. The topological polar surface area (TPSA) is 70.8 Å². The summed E-state index contributed by atoms with van der Waals surface area (Å²) in [5.41, 5.74) is 5.90. The first-order valence-electron chi connectivity index (χ1n) is 7.61. The SMILES string of the molecule is O=[N+]([O-])c1ccc(N/N=C/c2ccc(N3CCCC3)cc2)cc1. The summed E-state index contributed by atoms with van der Waals surface area (Å²) in [5.74, 6) is 0. The number of nitrogens with zero attached hydrogens (tertiary/aromatic N) is 3. The van der Waals surface area contributed by atoms with Crippen LogP contribution in [-0.2, 0) is 0 Å². The Balaban J connectivity index is 1.58. The van der Waals surface area contributed by atoms with Gasteiger partial charge in [-0.1, -0.05) is 12.1 Å². The van der Waals surface area contributed by atoms with Crippen LogP contribution in [0.3, 0.4) is 0 Å². The number of anilines is 2. The standard InChI is InChI=1S/C17H18N4O2/c22-21(23)17-9-5-15(6-10-17)19-18-13-14-3-7-16(8-4-14)20-11-1-2-12-20/h3-10,13,19H,1-2,11-12H2/b18-13+. The summed E-state index contributed by atoms with van der Waals surface area (Å²) in [6.07, 6.45) is 4.26. The lowest BCUT2D eigenvalue weighted by Crippen LogP contribution is -2.17. The molecular weight excluding hydrogens is 292 g/mol. The third-order valence-corrected chi connectivity index (χ3v) is 3.85. The summed E-state index contributed by atoms with van der Waals surface area (Å²) in [6, 6.07) is 14.4. The molecule has 0 bridgehead atoms. The highest BCUT2D eigenvalue weighted by Gasteiger charge is 2.11. The smallest absolute Gasteiger partial charge is 0.269 e. The van der Waals surface area contributed by atoms with Crippen LogP contribution in [-0.4, -0.2) is 24.2 Å². The van der Waals surface area contributed by atoms with Crippen molar-refractivity contribution in [2.45, 2.75) is 12.8 Å². The first kappa shape index (κ1) is 15.0. The maximum Gasteiger partial charge on any atom is 0.269 e. The minimum absolute atomic E-state index is 0.0667. The molecule has 6 heteroatoms. The lowest BCUT2D eigenvalue weighted by molar-refractivity contribution is -0.384. The number of non-ortho nitro benzene ring substituents is 1. The van der Waals surface area contributed by atoms with Crippen molar-refractivity contribution in [3.05, 3.63) is 64.2 Å². The Morgan fingerprint density at radius 2 is 1.70 bits per heavy atom. The fourth-order valence-electron chi connectivity index (χ4n) is 2.59. The molecular formula is C17H18N4O2. The molecule has 1 saturated heterocycles. The third-order valence-electron chi connectivity index (χ3n) is 3.85. The number of hydrogen-bond donors (Lipinski definition) is 1. The zero-order chi connectivity index (χ0) is 16.1. The van der Waals surface area contributed by atoms with Crippen molar-refractivity contribution in [1.29, 1.82) is 0 Å². The Kier molecular flexibility index (Phi) is 4.52. The van der Waals surface area contributed by atoms with Crippen molar-refractivity contribution in [2.24, 2.45) is 5.10 Å². The second kappa shape index (κ2) is 6.91. The van der Waals surface area contributed by atoms with Gasteiger partial charge in [0.15, 0.2) is 0 Å². The summed E-state index contributed by atoms with van der Waals surface area (Å²) in [4.78, 5) is 12.5. The van der Waals surface area contributed by atoms with Crippen molar-refractivity contribution in [1.82, 2.24) is 0 Å². The number of hydrazone groups is 1. The van der Waals surface area contributed by atoms with Gasteiger partial charge in [-0.3, -0.25) is 15.5 Å². The molecule has 1 aliphatic heterocycles. The van der Waals surface area contributed by atoms with E-state index >= 15 is 0 Å². The van der Waals surface area contributed by atoms with Crippen molar-refractivity contribution in [3.8, 4) is 0 Å². The van der Waals surface area contributed by atoms with Gasteiger partial charge >= 0.3 is 0 Å². The highest BCUT2D eigenvalue weighted by Crippen LogP contribution is 2.20. The molecule has 0 atom stereocenters. The van der Waals surface area contributed by atoms with Crippen molar-refractivity contribution in [3.63, 3.8) is 0 Å². The van der Waals surface area contributed by atoms with Gasteiger partial charge in [0.25, 0.3) is 5.69 Å². The van der Waals surface area contributed by atoms with E-state index in [1.165, 1.54) is 30.7 Å². The molecule has 0 amide bonds. The molecule has 2 aromatic carbocycles. The molecule has 1 heterocycles. The van der Waals surface area contributed by atoms with Crippen molar-refractivity contribution >= 4 is 23.3 Å². The highest BCUT2D eigenvalue weighted by molar-refractivity contribution is 5.81. The van der Waals surface area contributed by atoms with E-state index in [-0.39, 0.29) is 5.69 Å². The largest absolute Gasteiger partial charge is 0.372 e. The summed E-state index contributed by atoms with van der Waals surface area (Å²) in [7, 11) is 0. The van der Waals surface area contributed by atoms with E-state index in [0.29, 0.717) is 5.69 Å². The van der Waals surface area contributed by atoms with E-state index in [1.54, 1.807) is 18.3 Å². The summed E-state index contributed by atoms with van der Waals surface area (Å²) in [5, 5.41) is 14.7. The number of nitro benzene ring substituents is 1. The maximum absolute atomic E-state index is 10.6. The van der Waals surface area contributed by atoms with Gasteiger partial charge in [-0.15, -0.1) is 0 Å². The number of hydrogen-bond acceptors (Lipinski definition) is 5. The first-order valence-corrected chi connectivity index (χ1v) is 7.61. The Bertz CT molecular complexity index is 690. The molecule has 0 aliphatic carbocycles.